The second-order valence-corrected chi connectivity index (χ2v) is 10.9. The Balaban J connectivity index is 1.44. The normalized spacial score (nSPS) is 19.0. The number of nitrogens with one attached hydrogen (secondary N) is 2. The average Bonchev–Trinajstić information content (AvgIpc) is 3.72. The predicted molar refractivity (Wildman–Crippen MR) is 150 cm³/mol. The lowest BCUT2D eigenvalue weighted by atomic mass is 9.81. The van der Waals surface area contributed by atoms with Gasteiger partial charge in [0.1, 0.15) is 34.9 Å². The van der Waals surface area contributed by atoms with Crippen LogP contribution in [0.4, 0.5) is 4.39 Å². The van der Waals surface area contributed by atoms with Crippen LogP contribution in [0.2, 0.25) is 0 Å². The molecule has 0 bridgehead atoms. The number of methoxy groups -OCH3 is 1. The van der Waals surface area contributed by atoms with Crippen LogP contribution in [-0.2, 0) is 15.8 Å². The molecule has 5 rings (SSSR count). The fourth-order valence-electron chi connectivity index (χ4n) is 4.72. The topological polar surface area (TPSA) is 119 Å². The highest BCUT2D eigenvalue weighted by Gasteiger charge is 2.46. The number of hydrogen-bond acceptors (Lipinski definition) is 7. The summed E-state index contributed by atoms with van der Waals surface area (Å²) in [5.41, 5.74) is -0.635. The van der Waals surface area contributed by atoms with Gasteiger partial charge in [0, 0.05) is 23.2 Å². The first kappa shape index (κ1) is 28.4. The lowest BCUT2D eigenvalue weighted by Gasteiger charge is -2.27. The fraction of sp³-hybridized carbons (Fsp3) is 0.387. The fourth-order valence-corrected chi connectivity index (χ4v) is 4.72. The number of rotatable bonds is 10. The van der Waals surface area contributed by atoms with Crippen molar-refractivity contribution in [2.75, 3.05) is 26.8 Å². The number of ether oxygens (including phenoxy) is 3. The van der Waals surface area contributed by atoms with E-state index in [2.05, 4.69) is 10.6 Å². The summed E-state index contributed by atoms with van der Waals surface area (Å²) in [5, 5.41) is 17.2. The zero-order chi connectivity index (χ0) is 29.4. The van der Waals surface area contributed by atoms with Gasteiger partial charge in [0.15, 0.2) is 11.5 Å². The van der Waals surface area contributed by atoms with Gasteiger partial charge in [-0.25, -0.2) is 9.37 Å². The van der Waals surface area contributed by atoms with Crippen molar-refractivity contribution in [1.82, 2.24) is 15.6 Å². The van der Waals surface area contributed by atoms with Crippen LogP contribution in [0.1, 0.15) is 55.2 Å². The Morgan fingerprint density at radius 2 is 1.88 bits per heavy atom. The molecular formula is C31H34FN3O6. The molecule has 1 fully saturated rings. The molecular weight excluding hydrogens is 529 g/mol. The number of halogens is 1. The maximum absolute atomic E-state index is 13.7. The van der Waals surface area contributed by atoms with Gasteiger partial charge >= 0.3 is 0 Å². The average molecular weight is 564 g/mol. The number of aromatic nitrogens is 1. The lowest BCUT2D eigenvalue weighted by molar-refractivity contribution is -0.126. The zero-order valence-corrected chi connectivity index (χ0v) is 23.5. The van der Waals surface area contributed by atoms with Gasteiger partial charge in [-0.3, -0.25) is 9.59 Å². The molecule has 0 radical (unpaired) electrons. The number of amides is 2. The Kier molecular flexibility index (Phi) is 7.61. The summed E-state index contributed by atoms with van der Waals surface area (Å²) in [6.07, 6.45) is 2.17. The van der Waals surface area contributed by atoms with E-state index >= 15 is 0 Å². The quantitative estimate of drug-likeness (QED) is 0.343. The van der Waals surface area contributed by atoms with E-state index in [1.165, 1.54) is 26.2 Å². The Labute approximate surface area is 238 Å². The van der Waals surface area contributed by atoms with E-state index in [4.69, 9.17) is 19.2 Å². The monoisotopic (exact) mass is 563 g/mol. The number of benzene rings is 2. The van der Waals surface area contributed by atoms with E-state index in [-0.39, 0.29) is 30.9 Å². The van der Waals surface area contributed by atoms with Crippen molar-refractivity contribution in [2.24, 2.45) is 0 Å². The minimum absolute atomic E-state index is 0.0780. The first-order chi connectivity index (χ1) is 19.6. The molecule has 2 aliphatic rings. The molecule has 3 aromatic rings. The highest BCUT2D eigenvalue weighted by Crippen LogP contribution is 2.45. The van der Waals surface area contributed by atoms with Crippen molar-refractivity contribution < 1.29 is 33.3 Å². The van der Waals surface area contributed by atoms with Crippen LogP contribution in [0.15, 0.2) is 48.5 Å². The molecule has 10 heteroatoms. The number of pyridine rings is 1. The summed E-state index contributed by atoms with van der Waals surface area (Å²) >= 11 is 0. The van der Waals surface area contributed by atoms with Crippen molar-refractivity contribution in [3.8, 4) is 28.5 Å². The minimum Gasteiger partial charge on any atom is -0.493 e. The molecule has 2 amide bonds. The first-order valence-electron chi connectivity index (χ1n) is 13.6. The molecule has 2 aromatic carbocycles. The van der Waals surface area contributed by atoms with Crippen molar-refractivity contribution in [3.05, 3.63) is 71.2 Å². The third-order valence-electron chi connectivity index (χ3n) is 7.42. The number of hydrogen-bond donors (Lipinski definition) is 3. The van der Waals surface area contributed by atoms with Crippen molar-refractivity contribution >= 4 is 11.8 Å². The first-order valence-corrected chi connectivity index (χ1v) is 13.6. The van der Waals surface area contributed by atoms with Crippen LogP contribution in [-0.4, -0.2) is 54.8 Å². The molecule has 9 nitrogen and oxygen atoms in total. The van der Waals surface area contributed by atoms with Crippen LogP contribution in [0.5, 0.6) is 17.2 Å². The summed E-state index contributed by atoms with van der Waals surface area (Å²) in [4.78, 5) is 30.8. The van der Waals surface area contributed by atoms with Crippen LogP contribution in [0.25, 0.3) is 11.3 Å². The highest BCUT2D eigenvalue weighted by molar-refractivity contribution is 5.95. The molecule has 1 aromatic heterocycles. The van der Waals surface area contributed by atoms with E-state index < -0.39 is 22.7 Å². The van der Waals surface area contributed by atoms with E-state index in [0.29, 0.717) is 46.2 Å². The van der Waals surface area contributed by atoms with Crippen LogP contribution < -0.4 is 24.8 Å². The van der Waals surface area contributed by atoms with Gasteiger partial charge < -0.3 is 30.0 Å². The van der Waals surface area contributed by atoms with Gasteiger partial charge in [0.05, 0.1) is 25.5 Å². The van der Waals surface area contributed by atoms with E-state index in [9.17, 15) is 19.1 Å². The standard InChI is InChI=1S/C31H34FN3O6/c1-5-33-29(37)30(2)17-40-27-22(30)15-25(35-26(27)18-6-9-20(32)10-7-18)31(3,38)16-34-28(36)19-8-13-23(24(14-19)39-4)41-21-11-12-21/h6-10,13-15,21,38H,5,11-12,16-17H2,1-4H3,(H,33,37)(H,34,36)/t30-,31-/m0/s1. The second kappa shape index (κ2) is 11.0. The van der Waals surface area contributed by atoms with Gasteiger partial charge in [0.25, 0.3) is 5.91 Å². The van der Waals surface area contributed by atoms with Gasteiger partial charge in [-0.2, -0.15) is 0 Å². The molecule has 2 heterocycles. The summed E-state index contributed by atoms with van der Waals surface area (Å²) < 4.78 is 30.9. The summed E-state index contributed by atoms with van der Waals surface area (Å²) in [6, 6.07) is 12.3. The Morgan fingerprint density at radius 3 is 2.54 bits per heavy atom. The highest BCUT2D eigenvalue weighted by atomic mass is 19.1. The number of nitrogens with zero attached hydrogens (tertiary/aromatic N) is 1. The van der Waals surface area contributed by atoms with E-state index in [1.807, 2.05) is 6.92 Å². The van der Waals surface area contributed by atoms with Gasteiger partial charge in [0.2, 0.25) is 5.91 Å². The number of aliphatic hydroxyl groups is 1. The van der Waals surface area contributed by atoms with Crippen LogP contribution >= 0.6 is 0 Å². The smallest absolute Gasteiger partial charge is 0.251 e. The molecule has 41 heavy (non-hydrogen) atoms. The molecule has 2 atom stereocenters. The maximum atomic E-state index is 13.7. The Bertz CT molecular complexity index is 1470. The lowest BCUT2D eigenvalue weighted by Crippen LogP contribution is -2.44. The summed E-state index contributed by atoms with van der Waals surface area (Å²) in [7, 11) is 1.51. The van der Waals surface area contributed by atoms with Gasteiger partial charge in [-0.15, -0.1) is 0 Å². The number of likely N-dealkylation sites (N-methyl/N-ethyl adjacent to an activating group) is 1. The molecule has 0 spiro atoms. The van der Waals surface area contributed by atoms with Gasteiger partial charge in [-0.1, -0.05) is 0 Å². The minimum atomic E-state index is -1.64. The third-order valence-corrected chi connectivity index (χ3v) is 7.42. The Morgan fingerprint density at radius 1 is 1.15 bits per heavy atom. The maximum Gasteiger partial charge on any atom is 0.251 e. The molecule has 0 unspecified atom stereocenters. The van der Waals surface area contributed by atoms with Gasteiger partial charge in [-0.05, 0) is 82.1 Å². The second-order valence-electron chi connectivity index (χ2n) is 10.9. The molecule has 216 valence electrons. The van der Waals surface area contributed by atoms with Crippen LogP contribution in [0, 0.1) is 5.82 Å². The SMILES string of the molecule is CCNC(=O)[C@@]1(C)COc2c1cc([C@@](C)(O)CNC(=O)c1ccc(OC3CC3)c(OC)c1)nc2-c1ccc(F)cc1. The van der Waals surface area contributed by atoms with E-state index in [1.54, 1.807) is 43.3 Å². The predicted octanol–water partition coefficient (Wildman–Crippen LogP) is 3.86. The number of carbonyl (C=O) groups is 2. The largest absolute Gasteiger partial charge is 0.493 e. The van der Waals surface area contributed by atoms with E-state index in [0.717, 1.165) is 12.8 Å². The number of carbonyl (C=O) groups excluding carboxylic acids is 2. The van der Waals surface area contributed by atoms with Crippen molar-refractivity contribution in [1.29, 1.82) is 0 Å². The molecule has 1 aliphatic heterocycles. The molecule has 1 saturated carbocycles. The zero-order valence-electron chi connectivity index (χ0n) is 23.5. The van der Waals surface area contributed by atoms with Crippen molar-refractivity contribution in [2.45, 2.75) is 50.7 Å². The van der Waals surface area contributed by atoms with Crippen LogP contribution in [0.3, 0.4) is 0 Å². The Hall–Kier alpha value is -4.18. The summed E-state index contributed by atoms with van der Waals surface area (Å²) in [6.45, 7) is 5.47. The molecule has 0 saturated heterocycles. The third kappa shape index (κ3) is 5.69. The molecule has 3 N–H and O–H groups in total. The molecule has 1 aliphatic carbocycles. The number of fused-ring (bicyclic) bond motifs is 1. The van der Waals surface area contributed by atoms with Crippen molar-refractivity contribution in [3.63, 3.8) is 0 Å². The summed E-state index contributed by atoms with van der Waals surface area (Å²) in [5.74, 6) is 0.369.